The van der Waals surface area contributed by atoms with E-state index in [1.807, 2.05) is 31.2 Å². The van der Waals surface area contributed by atoms with Gasteiger partial charge in [0, 0.05) is 17.0 Å². The van der Waals surface area contributed by atoms with Crippen molar-refractivity contribution < 1.29 is 19.4 Å². The first kappa shape index (κ1) is 13.8. The zero-order valence-corrected chi connectivity index (χ0v) is 11.0. The number of carbonyl (C=O) groups is 2. The van der Waals surface area contributed by atoms with Crippen LogP contribution in [0.1, 0.15) is 17.3 Å². The minimum Gasteiger partial charge on any atom is -0.493 e. The van der Waals surface area contributed by atoms with Gasteiger partial charge in [0.2, 0.25) is 0 Å². The first-order valence-electron chi connectivity index (χ1n) is 6.23. The van der Waals surface area contributed by atoms with E-state index >= 15 is 0 Å². The summed E-state index contributed by atoms with van der Waals surface area (Å²) in [7, 11) is 0. The highest BCUT2D eigenvalue weighted by atomic mass is 16.5. The van der Waals surface area contributed by atoms with E-state index in [0.717, 1.165) is 22.9 Å². The largest absolute Gasteiger partial charge is 0.493 e. The highest BCUT2D eigenvalue weighted by molar-refractivity contribution is 6.15. The molecule has 0 aliphatic carbocycles. The van der Waals surface area contributed by atoms with Gasteiger partial charge in [0.25, 0.3) is 0 Å². The molecule has 0 unspecified atom stereocenters. The SMILES string of the molecule is CCOc1ccc(C(=O)/C=C/C(=O)O)c2ccccc12. The van der Waals surface area contributed by atoms with E-state index in [4.69, 9.17) is 9.84 Å². The molecule has 0 heterocycles. The first-order valence-corrected chi connectivity index (χ1v) is 6.23. The first-order chi connectivity index (χ1) is 9.63. The Bertz CT molecular complexity index is 686. The van der Waals surface area contributed by atoms with Gasteiger partial charge in [-0.25, -0.2) is 4.79 Å². The van der Waals surface area contributed by atoms with Gasteiger partial charge in [-0.05, 0) is 30.5 Å². The van der Waals surface area contributed by atoms with Crippen LogP contribution in [0.5, 0.6) is 5.75 Å². The molecule has 0 radical (unpaired) electrons. The van der Waals surface area contributed by atoms with Crippen molar-refractivity contribution in [3.8, 4) is 5.75 Å². The molecule has 0 amide bonds. The Morgan fingerprint density at radius 1 is 1.10 bits per heavy atom. The fourth-order valence-corrected chi connectivity index (χ4v) is 2.00. The lowest BCUT2D eigenvalue weighted by Gasteiger charge is -2.09. The molecule has 0 aliphatic heterocycles. The summed E-state index contributed by atoms with van der Waals surface area (Å²) >= 11 is 0. The summed E-state index contributed by atoms with van der Waals surface area (Å²) in [4.78, 5) is 22.5. The van der Waals surface area contributed by atoms with Gasteiger partial charge < -0.3 is 9.84 Å². The van der Waals surface area contributed by atoms with Crippen molar-refractivity contribution in [2.75, 3.05) is 6.61 Å². The molecule has 0 atom stereocenters. The van der Waals surface area contributed by atoms with Crippen LogP contribution < -0.4 is 4.74 Å². The quantitative estimate of drug-likeness (QED) is 0.670. The van der Waals surface area contributed by atoms with Crippen molar-refractivity contribution in [2.24, 2.45) is 0 Å². The van der Waals surface area contributed by atoms with E-state index in [9.17, 15) is 9.59 Å². The van der Waals surface area contributed by atoms with Crippen LogP contribution >= 0.6 is 0 Å². The zero-order chi connectivity index (χ0) is 14.5. The normalized spacial score (nSPS) is 10.8. The van der Waals surface area contributed by atoms with Crippen molar-refractivity contribution in [2.45, 2.75) is 6.92 Å². The molecule has 0 saturated heterocycles. The fourth-order valence-electron chi connectivity index (χ4n) is 2.00. The van der Waals surface area contributed by atoms with Crippen LogP contribution in [0.15, 0.2) is 48.6 Å². The van der Waals surface area contributed by atoms with Gasteiger partial charge >= 0.3 is 5.97 Å². The third kappa shape index (κ3) is 2.85. The lowest BCUT2D eigenvalue weighted by molar-refractivity contribution is -0.131. The number of carbonyl (C=O) groups excluding carboxylic acids is 1. The molecule has 0 aliphatic rings. The molecule has 20 heavy (non-hydrogen) atoms. The van der Waals surface area contributed by atoms with E-state index in [1.54, 1.807) is 12.1 Å². The lowest BCUT2D eigenvalue weighted by atomic mass is 10.0. The summed E-state index contributed by atoms with van der Waals surface area (Å²) in [5.74, 6) is -0.776. The predicted octanol–water partition coefficient (Wildman–Crippen LogP) is 3.06. The smallest absolute Gasteiger partial charge is 0.328 e. The summed E-state index contributed by atoms with van der Waals surface area (Å²) in [5, 5.41) is 10.2. The molecule has 2 aromatic carbocycles. The summed E-state index contributed by atoms with van der Waals surface area (Å²) in [5.41, 5.74) is 0.460. The van der Waals surface area contributed by atoms with Gasteiger partial charge in [0.05, 0.1) is 6.61 Å². The van der Waals surface area contributed by atoms with Crippen molar-refractivity contribution in [3.05, 3.63) is 54.1 Å². The van der Waals surface area contributed by atoms with Gasteiger partial charge in [0.1, 0.15) is 5.75 Å². The van der Waals surface area contributed by atoms with E-state index in [1.165, 1.54) is 0 Å². The Kier molecular flexibility index (Phi) is 4.15. The number of fused-ring (bicyclic) bond motifs is 1. The number of carboxylic acids is 1. The Morgan fingerprint density at radius 3 is 2.45 bits per heavy atom. The van der Waals surface area contributed by atoms with Crippen LogP contribution in [-0.2, 0) is 4.79 Å². The van der Waals surface area contributed by atoms with Gasteiger partial charge in [-0.15, -0.1) is 0 Å². The Labute approximate surface area is 116 Å². The highest BCUT2D eigenvalue weighted by Crippen LogP contribution is 2.29. The molecular formula is C16H14O4. The van der Waals surface area contributed by atoms with Crippen LogP contribution in [-0.4, -0.2) is 23.5 Å². The summed E-state index contributed by atoms with van der Waals surface area (Å²) in [6.07, 6.45) is 1.90. The van der Waals surface area contributed by atoms with Crippen LogP contribution in [0.4, 0.5) is 0 Å². The van der Waals surface area contributed by atoms with Crippen molar-refractivity contribution in [1.29, 1.82) is 0 Å². The number of hydrogen-bond donors (Lipinski definition) is 1. The fraction of sp³-hybridized carbons (Fsp3) is 0.125. The molecule has 0 bridgehead atoms. The maximum absolute atomic E-state index is 12.0. The molecule has 0 aromatic heterocycles. The standard InChI is InChI=1S/C16H14O4/c1-2-20-15-9-7-12(14(17)8-10-16(18)19)11-5-3-4-6-13(11)15/h3-10H,2H2,1H3,(H,18,19)/b10-8+. The molecule has 2 aromatic rings. The van der Waals surface area contributed by atoms with Gasteiger partial charge in [-0.3, -0.25) is 4.79 Å². The lowest BCUT2D eigenvalue weighted by Crippen LogP contribution is -2.00. The van der Waals surface area contributed by atoms with Gasteiger partial charge in [-0.2, -0.15) is 0 Å². The van der Waals surface area contributed by atoms with Crippen molar-refractivity contribution >= 4 is 22.5 Å². The molecule has 2 rings (SSSR count). The van der Waals surface area contributed by atoms with Crippen LogP contribution in [0, 0.1) is 0 Å². The molecule has 102 valence electrons. The topological polar surface area (TPSA) is 63.6 Å². The Balaban J connectivity index is 2.53. The number of allylic oxidation sites excluding steroid dienone is 1. The number of hydrogen-bond acceptors (Lipinski definition) is 3. The van der Waals surface area contributed by atoms with E-state index < -0.39 is 5.97 Å². The third-order valence-corrected chi connectivity index (χ3v) is 2.83. The minimum absolute atomic E-state index is 0.341. The number of benzene rings is 2. The van der Waals surface area contributed by atoms with E-state index in [0.29, 0.717) is 17.9 Å². The van der Waals surface area contributed by atoms with E-state index in [2.05, 4.69) is 0 Å². The molecule has 4 nitrogen and oxygen atoms in total. The molecule has 0 saturated carbocycles. The minimum atomic E-state index is -1.14. The number of ketones is 1. The number of rotatable bonds is 5. The molecule has 1 N–H and O–H groups in total. The van der Waals surface area contributed by atoms with Crippen LogP contribution in [0.2, 0.25) is 0 Å². The van der Waals surface area contributed by atoms with Crippen LogP contribution in [0.3, 0.4) is 0 Å². The Morgan fingerprint density at radius 2 is 1.80 bits per heavy atom. The zero-order valence-electron chi connectivity index (χ0n) is 11.0. The Hall–Kier alpha value is -2.62. The summed E-state index contributed by atoms with van der Waals surface area (Å²) < 4.78 is 5.53. The summed E-state index contributed by atoms with van der Waals surface area (Å²) in [6.45, 7) is 2.43. The predicted molar refractivity (Wildman–Crippen MR) is 76.2 cm³/mol. The maximum atomic E-state index is 12.0. The number of carboxylic acid groups (broad SMARTS) is 1. The monoisotopic (exact) mass is 270 g/mol. The van der Waals surface area contributed by atoms with Crippen molar-refractivity contribution in [3.63, 3.8) is 0 Å². The second-order valence-corrected chi connectivity index (χ2v) is 4.13. The second kappa shape index (κ2) is 6.02. The molecule has 0 fully saturated rings. The number of aliphatic carboxylic acids is 1. The van der Waals surface area contributed by atoms with E-state index in [-0.39, 0.29) is 5.78 Å². The molecular weight excluding hydrogens is 256 g/mol. The molecule has 4 heteroatoms. The average molecular weight is 270 g/mol. The second-order valence-electron chi connectivity index (χ2n) is 4.13. The third-order valence-electron chi connectivity index (χ3n) is 2.83. The van der Waals surface area contributed by atoms with Gasteiger partial charge in [-0.1, -0.05) is 24.3 Å². The van der Waals surface area contributed by atoms with Crippen LogP contribution in [0.25, 0.3) is 10.8 Å². The molecule has 0 spiro atoms. The van der Waals surface area contributed by atoms with Crippen molar-refractivity contribution in [1.82, 2.24) is 0 Å². The summed E-state index contributed by atoms with van der Waals surface area (Å²) in [6, 6.07) is 10.8. The maximum Gasteiger partial charge on any atom is 0.328 e. The highest BCUT2D eigenvalue weighted by Gasteiger charge is 2.11. The number of ether oxygens (including phenoxy) is 1. The van der Waals surface area contributed by atoms with Gasteiger partial charge in [0.15, 0.2) is 5.78 Å². The average Bonchev–Trinajstić information content (AvgIpc) is 2.45.